The quantitative estimate of drug-likeness (QED) is 0.405. The minimum atomic E-state index is -1.14. The van der Waals surface area contributed by atoms with Crippen LogP contribution < -0.4 is 15.6 Å². The third-order valence-corrected chi connectivity index (χ3v) is 6.75. The normalized spacial score (nSPS) is 16.3. The molecule has 1 atom stereocenters. The number of hydrogen-bond donors (Lipinski definition) is 2. The highest BCUT2D eigenvalue weighted by atomic mass is 35.5. The summed E-state index contributed by atoms with van der Waals surface area (Å²) in [5, 5.41) is 12.2. The summed E-state index contributed by atoms with van der Waals surface area (Å²) in [5.41, 5.74) is -1.65. The van der Waals surface area contributed by atoms with Crippen molar-refractivity contribution in [2.45, 2.75) is 25.4 Å². The molecule has 3 heterocycles. The molecule has 0 saturated heterocycles. The van der Waals surface area contributed by atoms with Gasteiger partial charge in [-0.25, -0.2) is 17.6 Å². The van der Waals surface area contributed by atoms with E-state index in [-0.39, 0.29) is 29.9 Å². The van der Waals surface area contributed by atoms with Crippen LogP contribution in [0.1, 0.15) is 44.4 Å². The van der Waals surface area contributed by atoms with Crippen LogP contribution in [-0.4, -0.2) is 28.0 Å². The number of aromatic hydroxyl groups is 1. The average Bonchev–Trinajstić information content (AvgIpc) is 3.00. The molecule has 2 aromatic carbocycles. The maximum atomic E-state index is 14.1. The lowest BCUT2D eigenvalue weighted by Crippen LogP contribution is -2.44. The van der Waals surface area contributed by atoms with Crippen molar-refractivity contribution in [2.75, 3.05) is 11.4 Å². The zero-order valence-corrected chi connectivity index (χ0v) is 19.0. The van der Waals surface area contributed by atoms with Crippen LogP contribution >= 0.6 is 11.6 Å². The van der Waals surface area contributed by atoms with Crippen molar-refractivity contribution in [3.8, 4) is 5.75 Å². The summed E-state index contributed by atoms with van der Waals surface area (Å²) < 4.78 is 56.6. The first-order chi connectivity index (χ1) is 17.1. The predicted molar refractivity (Wildman–Crippen MR) is 120 cm³/mol. The molecule has 186 valence electrons. The van der Waals surface area contributed by atoms with E-state index in [1.807, 2.05) is 0 Å². The highest BCUT2D eigenvalue weighted by Gasteiger charge is 2.39. The van der Waals surface area contributed by atoms with E-state index < -0.39 is 69.4 Å². The summed E-state index contributed by atoms with van der Waals surface area (Å²) in [6, 6.07) is 3.38. The molecular weight excluding hydrogens is 506 g/mol. The number of rotatable bonds is 3. The highest BCUT2D eigenvalue weighted by molar-refractivity contribution is 6.31. The minimum absolute atomic E-state index is 0.0343. The standard InChI is InChI=1S/C24H16ClF4N3O4/c25-18-14(26)4-2-11(19(18)29)7-30-23(35)13-9-31-12-3-1-10-5-15(27)16(28)6-17(10)32(8-12)24(36)20(31)22(34)21(13)33/h2,4-6,9,12,34H,1,3,7-8H2,(H,30,35). The molecule has 0 fully saturated rings. The van der Waals surface area contributed by atoms with Gasteiger partial charge in [-0.15, -0.1) is 0 Å². The zero-order valence-electron chi connectivity index (χ0n) is 18.2. The number of carbonyl (C=O) groups is 2. The van der Waals surface area contributed by atoms with E-state index in [1.54, 1.807) is 0 Å². The molecule has 0 spiro atoms. The SMILES string of the molecule is O=C(NCc1ccc(F)c(Cl)c1F)c1cn2c(c(O)c1=O)C(=O)N1CC2CCc2cc(F)c(F)cc21. The molecule has 0 saturated carbocycles. The van der Waals surface area contributed by atoms with Gasteiger partial charge in [0.1, 0.15) is 22.2 Å². The van der Waals surface area contributed by atoms with Gasteiger partial charge in [-0.3, -0.25) is 14.4 Å². The summed E-state index contributed by atoms with van der Waals surface area (Å²) in [4.78, 5) is 40.0. The third kappa shape index (κ3) is 3.70. The van der Waals surface area contributed by atoms with Crippen molar-refractivity contribution in [1.82, 2.24) is 9.88 Å². The first-order valence-electron chi connectivity index (χ1n) is 10.8. The monoisotopic (exact) mass is 521 g/mol. The first-order valence-corrected chi connectivity index (χ1v) is 11.1. The van der Waals surface area contributed by atoms with Gasteiger partial charge in [-0.2, -0.15) is 0 Å². The van der Waals surface area contributed by atoms with E-state index in [2.05, 4.69) is 5.32 Å². The number of nitrogens with zero attached hydrogens (tertiary/aromatic N) is 2. The van der Waals surface area contributed by atoms with Gasteiger partial charge in [-0.05, 0) is 30.5 Å². The van der Waals surface area contributed by atoms with Crippen molar-refractivity contribution < 1.29 is 32.3 Å². The van der Waals surface area contributed by atoms with Crippen molar-refractivity contribution in [3.63, 3.8) is 0 Å². The second kappa shape index (κ2) is 8.66. The van der Waals surface area contributed by atoms with Crippen molar-refractivity contribution in [3.05, 3.63) is 91.4 Å². The zero-order chi connectivity index (χ0) is 25.9. The molecule has 0 aliphatic carbocycles. The molecule has 1 unspecified atom stereocenters. The Kier molecular flexibility index (Phi) is 5.74. The Hall–Kier alpha value is -3.86. The van der Waals surface area contributed by atoms with E-state index in [4.69, 9.17) is 11.6 Å². The van der Waals surface area contributed by atoms with E-state index >= 15 is 0 Å². The number of pyridine rings is 1. The molecule has 5 rings (SSSR count). The molecule has 2 aliphatic heterocycles. The van der Waals surface area contributed by atoms with Crippen LogP contribution in [0.15, 0.2) is 35.3 Å². The summed E-state index contributed by atoms with van der Waals surface area (Å²) >= 11 is 5.54. The molecule has 2 aliphatic rings. The van der Waals surface area contributed by atoms with Gasteiger partial charge in [-0.1, -0.05) is 17.7 Å². The summed E-state index contributed by atoms with van der Waals surface area (Å²) in [6.45, 7) is -0.401. The molecule has 0 radical (unpaired) electrons. The maximum Gasteiger partial charge on any atom is 0.279 e. The molecule has 2 N–H and O–H groups in total. The minimum Gasteiger partial charge on any atom is -0.503 e. The molecule has 3 aromatic rings. The lowest BCUT2D eigenvalue weighted by atomic mass is 10.0. The van der Waals surface area contributed by atoms with E-state index in [1.165, 1.54) is 9.47 Å². The summed E-state index contributed by atoms with van der Waals surface area (Å²) in [6.07, 6.45) is 1.72. The predicted octanol–water partition coefficient (Wildman–Crippen LogP) is 3.84. The Morgan fingerprint density at radius 1 is 1.11 bits per heavy atom. The van der Waals surface area contributed by atoms with Crippen LogP contribution in [0.25, 0.3) is 0 Å². The van der Waals surface area contributed by atoms with Gasteiger partial charge >= 0.3 is 0 Å². The number of fused-ring (bicyclic) bond motifs is 6. The molecule has 12 heteroatoms. The van der Waals surface area contributed by atoms with Crippen LogP contribution in [0.2, 0.25) is 5.02 Å². The Labute approximate surface area is 205 Å². The van der Waals surface area contributed by atoms with Gasteiger partial charge in [0.05, 0.1) is 11.7 Å². The van der Waals surface area contributed by atoms with E-state index in [0.29, 0.717) is 12.0 Å². The second-order valence-corrected chi connectivity index (χ2v) is 8.87. The highest BCUT2D eigenvalue weighted by Crippen LogP contribution is 2.38. The molecule has 7 nitrogen and oxygen atoms in total. The average molecular weight is 522 g/mol. The molecule has 36 heavy (non-hydrogen) atoms. The smallest absolute Gasteiger partial charge is 0.279 e. The van der Waals surface area contributed by atoms with Crippen LogP contribution in [0.3, 0.4) is 0 Å². The number of anilines is 1. The molecular formula is C24H16ClF4N3O4. The lowest BCUT2D eigenvalue weighted by Gasteiger charge is -2.35. The Morgan fingerprint density at radius 2 is 1.83 bits per heavy atom. The fourth-order valence-electron chi connectivity index (χ4n) is 4.55. The Bertz CT molecular complexity index is 1520. The number of aryl methyl sites for hydroxylation is 1. The number of benzene rings is 2. The first kappa shape index (κ1) is 23.9. The lowest BCUT2D eigenvalue weighted by molar-refractivity contribution is 0.0929. The topological polar surface area (TPSA) is 91.6 Å². The molecule has 2 amide bonds. The number of hydrogen-bond acceptors (Lipinski definition) is 4. The van der Waals surface area contributed by atoms with Crippen molar-refractivity contribution >= 4 is 29.1 Å². The Balaban J connectivity index is 1.50. The van der Waals surface area contributed by atoms with Gasteiger partial charge in [0.2, 0.25) is 5.43 Å². The number of amides is 2. The number of halogens is 5. The van der Waals surface area contributed by atoms with E-state index in [0.717, 1.165) is 30.5 Å². The van der Waals surface area contributed by atoms with Crippen LogP contribution in [0.4, 0.5) is 23.2 Å². The number of nitrogens with one attached hydrogen (secondary N) is 1. The van der Waals surface area contributed by atoms with Crippen LogP contribution in [0, 0.1) is 23.3 Å². The fourth-order valence-corrected chi connectivity index (χ4v) is 4.74. The fraction of sp³-hybridized carbons (Fsp3) is 0.208. The maximum absolute atomic E-state index is 14.1. The number of aromatic nitrogens is 1. The molecule has 2 bridgehead atoms. The van der Waals surface area contributed by atoms with Crippen molar-refractivity contribution in [2.24, 2.45) is 0 Å². The van der Waals surface area contributed by atoms with Gasteiger partial charge < -0.3 is 19.9 Å². The van der Waals surface area contributed by atoms with Crippen LogP contribution in [-0.2, 0) is 13.0 Å². The molecule has 1 aromatic heterocycles. The van der Waals surface area contributed by atoms with E-state index in [9.17, 15) is 37.1 Å². The van der Waals surface area contributed by atoms with Crippen molar-refractivity contribution in [1.29, 1.82) is 0 Å². The van der Waals surface area contributed by atoms with Crippen LogP contribution in [0.5, 0.6) is 5.75 Å². The number of carbonyl (C=O) groups excluding carboxylic acids is 2. The second-order valence-electron chi connectivity index (χ2n) is 8.50. The van der Waals surface area contributed by atoms with Gasteiger partial charge in [0, 0.05) is 30.9 Å². The third-order valence-electron chi connectivity index (χ3n) is 6.40. The Morgan fingerprint density at radius 3 is 2.58 bits per heavy atom. The van der Waals surface area contributed by atoms with Gasteiger partial charge in [0.25, 0.3) is 11.8 Å². The summed E-state index contributed by atoms with van der Waals surface area (Å²) in [5.74, 6) is -7.02. The summed E-state index contributed by atoms with van der Waals surface area (Å²) in [7, 11) is 0. The largest absolute Gasteiger partial charge is 0.503 e. The van der Waals surface area contributed by atoms with Gasteiger partial charge in [0.15, 0.2) is 23.1 Å².